The number of esters is 1. The molecule has 152 valence electrons. The van der Waals surface area contributed by atoms with Crippen molar-refractivity contribution in [1.29, 1.82) is 0 Å². The van der Waals surface area contributed by atoms with Crippen LogP contribution in [0.4, 0.5) is 0 Å². The number of aromatic nitrogens is 1. The number of fused-ring (bicyclic) bond motifs is 1. The molecule has 0 spiro atoms. The van der Waals surface area contributed by atoms with Gasteiger partial charge in [-0.15, -0.1) is 11.3 Å². The first kappa shape index (κ1) is 21.0. The van der Waals surface area contributed by atoms with Gasteiger partial charge in [0.1, 0.15) is 0 Å². The van der Waals surface area contributed by atoms with Crippen molar-refractivity contribution in [1.82, 2.24) is 9.88 Å². The molecule has 0 radical (unpaired) electrons. The SMILES string of the molecule is CCOC(=O)CCN(C)C(=O)Cc1sc(Cc2cccc3ccccc23)nc1C. The summed E-state index contributed by atoms with van der Waals surface area (Å²) in [6.45, 7) is 4.44. The van der Waals surface area contributed by atoms with Crippen molar-refractivity contribution >= 4 is 34.0 Å². The van der Waals surface area contributed by atoms with Crippen LogP contribution in [0, 0.1) is 6.92 Å². The van der Waals surface area contributed by atoms with Crippen molar-refractivity contribution in [3.8, 4) is 0 Å². The Bertz CT molecular complexity index is 1010. The molecule has 3 aromatic rings. The summed E-state index contributed by atoms with van der Waals surface area (Å²) in [5.41, 5.74) is 2.14. The van der Waals surface area contributed by atoms with Crippen LogP contribution in [0.1, 0.15) is 34.5 Å². The summed E-state index contributed by atoms with van der Waals surface area (Å²) < 4.78 is 4.92. The molecule has 6 heteroatoms. The molecule has 0 fully saturated rings. The predicted molar refractivity (Wildman–Crippen MR) is 116 cm³/mol. The second kappa shape index (κ2) is 9.65. The van der Waals surface area contributed by atoms with Gasteiger partial charge in [0.15, 0.2) is 0 Å². The minimum Gasteiger partial charge on any atom is -0.466 e. The summed E-state index contributed by atoms with van der Waals surface area (Å²) >= 11 is 1.59. The molecule has 0 unspecified atom stereocenters. The Morgan fingerprint density at radius 3 is 2.69 bits per heavy atom. The Balaban J connectivity index is 1.65. The molecule has 5 nitrogen and oxygen atoms in total. The normalized spacial score (nSPS) is 10.9. The monoisotopic (exact) mass is 410 g/mol. The standard InChI is InChI=1S/C23H26N2O3S/c1-4-28-23(27)12-13-25(3)22(26)15-20-16(2)24-21(29-20)14-18-10-7-9-17-8-5-6-11-19(17)18/h5-11H,4,12-15H2,1-3H3. The number of thiazole rings is 1. The van der Waals surface area contributed by atoms with Crippen LogP contribution in [-0.4, -0.2) is 42.0 Å². The molecule has 0 bridgehead atoms. The summed E-state index contributed by atoms with van der Waals surface area (Å²) in [4.78, 5) is 31.3. The van der Waals surface area contributed by atoms with E-state index in [-0.39, 0.29) is 18.3 Å². The summed E-state index contributed by atoms with van der Waals surface area (Å²) in [6.07, 6.45) is 1.27. The van der Waals surface area contributed by atoms with Crippen LogP contribution < -0.4 is 0 Å². The zero-order chi connectivity index (χ0) is 20.8. The lowest BCUT2D eigenvalue weighted by molar-refractivity contribution is -0.143. The van der Waals surface area contributed by atoms with E-state index in [2.05, 4.69) is 36.4 Å². The maximum atomic E-state index is 12.5. The predicted octanol–water partition coefficient (Wildman–Crippen LogP) is 4.15. The number of hydrogen-bond acceptors (Lipinski definition) is 5. The molecule has 1 heterocycles. The zero-order valence-corrected chi connectivity index (χ0v) is 17.9. The third-order valence-electron chi connectivity index (χ3n) is 4.85. The lowest BCUT2D eigenvalue weighted by Crippen LogP contribution is -2.30. The van der Waals surface area contributed by atoms with Gasteiger partial charge in [0.2, 0.25) is 5.91 Å². The van der Waals surface area contributed by atoms with Crippen molar-refractivity contribution in [3.63, 3.8) is 0 Å². The fraction of sp³-hybridized carbons (Fsp3) is 0.348. The number of aryl methyl sites for hydroxylation is 1. The highest BCUT2D eigenvalue weighted by molar-refractivity contribution is 7.11. The van der Waals surface area contributed by atoms with Gasteiger partial charge in [-0.05, 0) is 30.2 Å². The Labute approximate surface area is 175 Å². The van der Waals surface area contributed by atoms with Crippen molar-refractivity contribution < 1.29 is 14.3 Å². The van der Waals surface area contributed by atoms with Crippen molar-refractivity contribution in [2.24, 2.45) is 0 Å². The summed E-state index contributed by atoms with van der Waals surface area (Å²) in [7, 11) is 1.72. The molecule has 0 aliphatic carbocycles. The quantitative estimate of drug-likeness (QED) is 0.524. The van der Waals surface area contributed by atoms with Gasteiger partial charge >= 0.3 is 5.97 Å². The van der Waals surface area contributed by atoms with E-state index in [1.165, 1.54) is 16.3 Å². The summed E-state index contributed by atoms with van der Waals surface area (Å²) in [6, 6.07) is 14.7. The molecule has 2 aromatic carbocycles. The Morgan fingerprint density at radius 1 is 1.14 bits per heavy atom. The first-order valence-electron chi connectivity index (χ1n) is 9.79. The zero-order valence-electron chi connectivity index (χ0n) is 17.1. The van der Waals surface area contributed by atoms with E-state index in [0.29, 0.717) is 19.6 Å². The maximum Gasteiger partial charge on any atom is 0.307 e. The highest BCUT2D eigenvalue weighted by Gasteiger charge is 2.16. The first-order chi connectivity index (χ1) is 14.0. The van der Waals surface area contributed by atoms with Crippen molar-refractivity contribution in [3.05, 3.63) is 63.6 Å². The van der Waals surface area contributed by atoms with Crippen LogP contribution >= 0.6 is 11.3 Å². The number of carbonyl (C=O) groups is 2. The van der Waals surface area contributed by atoms with E-state index in [0.717, 1.165) is 22.0 Å². The second-order valence-electron chi connectivity index (χ2n) is 6.98. The molecule has 3 rings (SSSR count). The number of hydrogen-bond donors (Lipinski definition) is 0. The number of amides is 1. The van der Waals surface area contributed by atoms with Crippen LogP contribution in [0.15, 0.2) is 42.5 Å². The van der Waals surface area contributed by atoms with Crippen LogP contribution in [0.25, 0.3) is 10.8 Å². The molecule has 0 N–H and O–H groups in total. The van der Waals surface area contributed by atoms with E-state index in [9.17, 15) is 9.59 Å². The lowest BCUT2D eigenvalue weighted by Gasteiger charge is -2.16. The van der Waals surface area contributed by atoms with Gasteiger partial charge in [0.25, 0.3) is 0 Å². The van der Waals surface area contributed by atoms with E-state index < -0.39 is 0 Å². The average Bonchev–Trinajstić information content (AvgIpc) is 3.05. The fourth-order valence-electron chi connectivity index (χ4n) is 3.23. The number of ether oxygens (including phenoxy) is 1. The van der Waals surface area contributed by atoms with E-state index >= 15 is 0 Å². The van der Waals surface area contributed by atoms with Crippen LogP contribution in [-0.2, 0) is 27.2 Å². The van der Waals surface area contributed by atoms with Gasteiger partial charge in [0.05, 0.1) is 30.2 Å². The third-order valence-corrected chi connectivity index (χ3v) is 6.01. The molecule has 0 aliphatic heterocycles. The molecular weight excluding hydrogens is 384 g/mol. The first-order valence-corrected chi connectivity index (χ1v) is 10.6. The fourth-order valence-corrected chi connectivity index (χ4v) is 4.31. The molecule has 0 atom stereocenters. The summed E-state index contributed by atoms with van der Waals surface area (Å²) in [5.74, 6) is -0.295. The third kappa shape index (κ3) is 5.41. The van der Waals surface area contributed by atoms with Gasteiger partial charge in [0, 0.05) is 24.9 Å². The molecule has 29 heavy (non-hydrogen) atoms. The maximum absolute atomic E-state index is 12.5. The molecule has 1 amide bonds. The number of benzene rings is 2. The van der Waals surface area contributed by atoms with E-state index in [1.54, 1.807) is 30.2 Å². The van der Waals surface area contributed by atoms with Gasteiger partial charge in [-0.2, -0.15) is 0 Å². The van der Waals surface area contributed by atoms with Gasteiger partial charge in [-0.3, -0.25) is 9.59 Å². The Morgan fingerprint density at radius 2 is 1.90 bits per heavy atom. The Kier molecular flexibility index (Phi) is 6.99. The molecule has 0 aliphatic rings. The van der Waals surface area contributed by atoms with Gasteiger partial charge < -0.3 is 9.64 Å². The van der Waals surface area contributed by atoms with Crippen molar-refractivity contribution in [2.45, 2.75) is 33.1 Å². The highest BCUT2D eigenvalue weighted by atomic mass is 32.1. The Hall–Kier alpha value is -2.73. The lowest BCUT2D eigenvalue weighted by atomic mass is 10.0. The number of nitrogens with zero attached hydrogens (tertiary/aromatic N) is 2. The topological polar surface area (TPSA) is 59.5 Å². The highest BCUT2D eigenvalue weighted by Crippen LogP contribution is 2.25. The van der Waals surface area contributed by atoms with Crippen LogP contribution in [0.3, 0.4) is 0 Å². The number of rotatable bonds is 8. The number of carbonyl (C=O) groups excluding carboxylic acids is 2. The minimum atomic E-state index is -0.279. The van der Waals surface area contributed by atoms with Gasteiger partial charge in [-0.25, -0.2) is 4.98 Å². The van der Waals surface area contributed by atoms with Gasteiger partial charge in [-0.1, -0.05) is 42.5 Å². The van der Waals surface area contributed by atoms with Crippen LogP contribution in [0.5, 0.6) is 0 Å². The average molecular weight is 411 g/mol. The second-order valence-corrected chi connectivity index (χ2v) is 8.15. The smallest absolute Gasteiger partial charge is 0.307 e. The van der Waals surface area contributed by atoms with Crippen molar-refractivity contribution in [2.75, 3.05) is 20.2 Å². The molecular formula is C23H26N2O3S. The largest absolute Gasteiger partial charge is 0.466 e. The molecule has 0 saturated carbocycles. The number of likely N-dealkylation sites (N-methyl/N-ethyl adjacent to an activating group) is 1. The van der Waals surface area contributed by atoms with Crippen LogP contribution in [0.2, 0.25) is 0 Å². The molecule has 1 aromatic heterocycles. The molecule has 0 saturated heterocycles. The minimum absolute atomic E-state index is 0.0160. The van der Waals surface area contributed by atoms with E-state index in [4.69, 9.17) is 9.72 Å². The van der Waals surface area contributed by atoms with E-state index in [1.807, 2.05) is 13.0 Å². The summed E-state index contributed by atoms with van der Waals surface area (Å²) in [5, 5.41) is 3.46.